The summed E-state index contributed by atoms with van der Waals surface area (Å²) in [5.41, 5.74) is 3.30. The molecule has 1 N–H and O–H groups in total. The van der Waals surface area contributed by atoms with Crippen molar-refractivity contribution in [1.82, 2.24) is 9.78 Å². The van der Waals surface area contributed by atoms with E-state index in [1.54, 1.807) is 18.0 Å². The van der Waals surface area contributed by atoms with E-state index in [-0.39, 0.29) is 6.10 Å². The van der Waals surface area contributed by atoms with Gasteiger partial charge in [-0.25, -0.2) is 0 Å². The van der Waals surface area contributed by atoms with Gasteiger partial charge < -0.3 is 14.8 Å². The van der Waals surface area contributed by atoms with E-state index >= 15 is 0 Å². The Kier molecular flexibility index (Phi) is 3.26. The summed E-state index contributed by atoms with van der Waals surface area (Å²) in [4.78, 5) is 0. The van der Waals surface area contributed by atoms with Gasteiger partial charge in [0.25, 0.3) is 0 Å². The third-order valence-corrected chi connectivity index (χ3v) is 3.49. The van der Waals surface area contributed by atoms with Crippen molar-refractivity contribution in [1.29, 1.82) is 0 Å². The molecule has 106 valence electrons. The van der Waals surface area contributed by atoms with Crippen LogP contribution in [0.1, 0.15) is 18.1 Å². The quantitative estimate of drug-likeness (QED) is 0.929. The molecule has 0 bridgehead atoms. The van der Waals surface area contributed by atoms with Crippen LogP contribution in [0.3, 0.4) is 0 Å². The lowest BCUT2D eigenvalue weighted by Crippen LogP contribution is -2.05. The zero-order chi connectivity index (χ0) is 14.1. The minimum atomic E-state index is 0.247. The topological polar surface area (TPSA) is 48.3 Å². The molecule has 2 heterocycles. The van der Waals surface area contributed by atoms with Crippen LogP contribution in [0.2, 0.25) is 0 Å². The normalized spacial score (nSPS) is 16.6. The molecule has 0 spiro atoms. The smallest absolute Gasteiger partial charge is 0.124 e. The van der Waals surface area contributed by atoms with Crippen molar-refractivity contribution in [2.24, 2.45) is 7.05 Å². The average Bonchev–Trinajstić information content (AvgIpc) is 2.99. The SMILES string of the molecule is COc1cc2c(cc1CNc1cnn(C)c1)OC(C)C2. The molecule has 1 aromatic heterocycles. The first-order chi connectivity index (χ1) is 9.65. The summed E-state index contributed by atoms with van der Waals surface area (Å²) in [6, 6.07) is 4.15. The summed E-state index contributed by atoms with van der Waals surface area (Å²) in [6.45, 7) is 2.76. The van der Waals surface area contributed by atoms with Crippen LogP contribution >= 0.6 is 0 Å². The third-order valence-electron chi connectivity index (χ3n) is 3.49. The fourth-order valence-electron chi connectivity index (χ4n) is 2.52. The van der Waals surface area contributed by atoms with Gasteiger partial charge in [0, 0.05) is 37.3 Å². The van der Waals surface area contributed by atoms with E-state index in [1.165, 1.54) is 5.56 Å². The van der Waals surface area contributed by atoms with E-state index in [1.807, 2.05) is 13.2 Å². The third kappa shape index (κ3) is 2.43. The summed E-state index contributed by atoms with van der Waals surface area (Å²) >= 11 is 0. The Balaban J connectivity index is 1.80. The second-order valence-electron chi connectivity index (χ2n) is 5.16. The largest absolute Gasteiger partial charge is 0.496 e. The molecule has 3 rings (SSSR count). The molecule has 0 saturated carbocycles. The molecule has 1 unspecified atom stereocenters. The van der Waals surface area contributed by atoms with Crippen LogP contribution in [0.5, 0.6) is 11.5 Å². The molecule has 1 aliphatic rings. The van der Waals surface area contributed by atoms with Crippen molar-refractivity contribution in [3.05, 3.63) is 35.7 Å². The maximum Gasteiger partial charge on any atom is 0.124 e. The molecular weight excluding hydrogens is 254 g/mol. The average molecular weight is 273 g/mol. The maximum absolute atomic E-state index is 5.80. The summed E-state index contributed by atoms with van der Waals surface area (Å²) in [5.74, 6) is 1.87. The number of rotatable bonds is 4. The van der Waals surface area contributed by atoms with E-state index in [9.17, 15) is 0 Å². The number of aromatic nitrogens is 2. The van der Waals surface area contributed by atoms with Crippen molar-refractivity contribution in [3.63, 3.8) is 0 Å². The van der Waals surface area contributed by atoms with Crippen molar-refractivity contribution in [3.8, 4) is 11.5 Å². The predicted octanol–water partition coefficient (Wildman–Crippen LogP) is 2.36. The number of ether oxygens (including phenoxy) is 2. The van der Waals surface area contributed by atoms with E-state index in [0.717, 1.165) is 29.2 Å². The highest BCUT2D eigenvalue weighted by molar-refractivity contribution is 5.50. The van der Waals surface area contributed by atoms with Crippen LogP contribution in [0.25, 0.3) is 0 Å². The van der Waals surface area contributed by atoms with Gasteiger partial charge in [0.05, 0.1) is 19.0 Å². The van der Waals surface area contributed by atoms with Crippen LogP contribution in [0, 0.1) is 0 Å². The summed E-state index contributed by atoms with van der Waals surface area (Å²) in [6.07, 6.45) is 4.94. The fourth-order valence-corrected chi connectivity index (χ4v) is 2.52. The Bertz CT molecular complexity index is 622. The second-order valence-corrected chi connectivity index (χ2v) is 5.16. The standard InChI is InChI=1S/C15H19N3O2/c1-10-4-11-5-14(19-3)12(6-15(11)20-10)7-16-13-8-17-18(2)9-13/h5-6,8-10,16H,4,7H2,1-3H3. The van der Waals surface area contributed by atoms with Crippen LogP contribution in [-0.4, -0.2) is 23.0 Å². The lowest BCUT2D eigenvalue weighted by molar-refractivity contribution is 0.254. The lowest BCUT2D eigenvalue weighted by Gasteiger charge is -2.12. The van der Waals surface area contributed by atoms with Crippen molar-refractivity contribution in [2.45, 2.75) is 26.0 Å². The molecule has 1 aliphatic heterocycles. The van der Waals surface area contributed by atoms with E-state index in [4.69, 9.17) is 9.47 Å². The zero-order valence-electron chi connectivity index (χ0n) is 12.0. The molecule has 0 aliphatic carbocycles. The van der Waals surface area contributed by atoms with Crippen LogP contribution < -0.4 is 14.8 Å². The monoisotopic (exact) mass is 273 g/mol. The van der Waals surface area contributed by atoms with Crippen molar-refractivity contribution < 1.29 is 9.47 Å². The number of aryl methyl sites for hydroxylation is 1. The van der Waals surface area contributed by atoms with Gasteiger partial charge in [0.2, 0.25) is 0 Å². The molecule has 5 heteroatoms. The Morgan fingerprint density at radius 2 is 2.35 bits per heavy atom. The number of nitrogens with zero attached hydrogens (tertiary/aromatic N) is 2. The van der Waals surface area contributed by atoms with Gasteiger partial charge in [0.1, 0.15) is 17.6 Å². The van der Waals surface area contributed by atoms with E-state index < -0.39 is 0 Å². The first-order valence-corrected chi connectivity index (χ1v) is 6.74. The molecule has 1 aromatic carbocycles. The van der Waals surface area contributed by atoms with Crippen LogP contribution in [0.4, 0.5) is 5.69 Å². The van der Waals surface area contributed by atoms with Crippen molar-refractivity contribution >= 4 is 5.69 Å². The summed E-state index contributed by atoms with van der Waals surface area (Å²) in [5, 5.41) is 7.48. The highest BCUT2D eigenvalue weighted by Gasteiger charge is 2.21. The predicted molar refractivity (Wildman–Crippen MR) is 77.3 cm³/mol. The Labute approximate surface area is 118 Å². The van der Waals surface area contributed by atoms with E-state index in [2.05, 4.69) is 29.5 Å². The molecule has 20 heavy (non-hydrogen) atoms. The molecule has 2 aromatic rings. The van der Waals surface area contributed by atoms with Gasteiger partial charge >= 0.3 is 0 Å². The minimum absolute atomic E-state index is 0.247. The molecule has 1 atom stereocenters. The first-order valence-electron chi connectivity index (χ1n) is 6.74. The van der Waals surface area contributed by atoms with Gasteiger partial charge in [-0.1, -0.05) is 0 Å². The number of benzene rings is 1. The Morgan fingerprint density at radius 1 is 1.50 bits per heavy atom. The molecule has 0 amide bonds. The summed E-state index contributed by atoms with van der Waals surface area (Å²) in [7, 11) is 3.60. The fraction of sp³-hybridized carbons (Fsp3) is 0.400. The maximum atomic E-state index is 5.80. The van der Waals surface area contributed by atoms with Crippen LogP contribution in [-0.2, 0) is 20.0 Å². The Hall–Kier alpha value is -2.17. The molecule has 0 radical (unpaired) electrons. The highest BCUT2D eigenvalue weighted by atomic mass is 16.5. The van der Waals surface area contributed by atoms with Gasteiger partial charge in [-0.2, -0.15) is 5.10 Å². The number of anilines is 1. The highest BCUT2D eigenvalue weighted by Crippen LogP contribution is 2.35. The Morgan fingerprint density at radius 3 is 3.05 bits per heavy atom. The number of nitrogens with one attached hydrogen (secondary N) is 1. The number of hydrogen-bond donors (Lipinski definition) is 1. The van der Waals surface area contributed by atoms with Gasteiger partial charge in [-0.05, 0) is 19.1 Å². The molecule has 0 fully saturated rings. The van der Waals surface area contributed by atoms with Crippen LogP contribution in [0.15, 0.2) is 24.5 Å². The summed E-state index contributed by atoms with van der Waals surface area (Å²) < 4.78 is 13.1. The number of fused-ring (bicyclic) bond motifs is 1. The van der Waals surface area contributed by atoms with Gasteiger partial charge in [-0.3, -0.25) is 4.68 Å². The lowest BCUT2D eigenvalue weighted by atomic mass is 10.1. The zero-order valence-corrected chi connectivity index (χ0v) is 12.0. The first kappa shape index (κ1) is 12.8. The van der Waals surface area contributed by atoms with E-state index in [0.29, 0.717) is 6.54 Å². The van der Waals surface area contributed by atoms with Gasteiger partial charge in [-0.15, -0.1) is 0 Å². The van der Waals surface area contributed by atoms with Crippen molar-refractivity contribution in [2.75, 3.05) is 12.4 Å². The second kappa shape index (κ2) is 5.07. The number of methoxy groups -OCH3 is 1. The van der Waals surface area contributed by atoms with Gasteiger partial charge in [0.15, 0.2) is 0 Å². The molecule has 0 saturated heterocycles. The number of hydrogen-bond acceptors (Lipinski definition) is 4. The molecule has 5 nitrogen and oxygen atoms in total. The molecular formula is C15H19N3O2. The minimum Gasteiger partial charge on any atom is -0.496 e.